The lowest BCUT2D eigenvalue weighted by molar-refractivity contribution is 0.202. The fraction of sp³-hybridized carbons (Fsp3) is 0.867. The van der Waals surface area contributed by atoms with Crippen LogP contribution < -0.4 is 5.32 Å². The minimum atomic E-state index is 0.584. The Bertz CT molecular complexity index is 446. The summed E-state index contributed by atoms with van der Waals surface area (Å²) in [5.41, 5.74) is 0. The van der Waals surface area contributed by atoms with E-state index in [0.29, 0.717) is 12.0 Å². The molecule has 1 aromatic heterocycles. The Morgan fingerprint density at radius 1 is 1.15 bits per heavy atom. The van der Waals surface area contributed by atoms with Crippen LogP contribution in [0, 0.1) is 5.92 Å². The molecule has 3 fully saturated rings. The van der Waals surface area contributed by atoms with Crippen molar-refractivity contribution in [2.45, 2.75) is 57.0 Å². The number of hydrogen-bond acceptors (Lipinski definition) is 5. The van der Waals surface area contributed by atoms with Crippen LogP contribution >= 0.6 is 0 Å². The average Bonchev–Trinajstić information content (AvgIpc) is 3.35. The van der Waals surface area contributed by atoms with Gasteiger partial charge in [-0.15, -0.1) is 0 Å². The molecular weight excluding hydrogens is 252 g/mol. The van der Waals surface area contributed by atoms with E-state index in [1.54, 1.807) is 0 Å². The first-order chi connectivity index (χ1) is 9.87. The van der Waals surface area contributed by atoms with Gasteiger partial charge in [-0.05, 0) is 51.0 Å². The highest BCUT2D eigenvalue weighted by molar-refractivity contribution is 5.03. The molecule has 5 nitrogen and oxygen atoms in total. The minimum Gasteiger partial charge on any atom is -0.338 e. The predicted molar refractivity (Wildman–Crippen MR) is 75.3 cm³/mol. The molecule has 20 heavy (non-hydrogen) atoms. The highest BCUT2D eigenvalue weighted by atomic mass is 16.5. The van der Waals surface area contributed by atoms with E-state index in [0.717, 1.165) is 30.7 Å². The zero-order valence-electron chi connectivity index (χ0n) is 12.1. The summed E-state index contributed by atoms with van der Waals surface area (Å²) in [6, 6.07) is 0.652. The second-order valence-electron chi connectivity index (χ2n) is 6.75. The Kier molecular flexibility index (Phi) is 3.48. The quantitative estimate of drug-likeness (QED) is 0.824. The molecule has 0 spiro atoms. The highest BCUT2D eigenvalue weighted by Gasteiger charge is 2.30. The van der Waals surface area contributed by atoms with Crippen molar-refractivity contribution in [1.29, 1.82) is 0 Å². The molecular formula is C15H24N4O. The van der Waals surface area contributed by atoms with Gasteiger partial charge >= 0.3 is 0 Å². The molecule has 0 aromatic carbocycles. The van der Waals surface area contributed by atoms with E-state index in [1.165, 1.54) is 51.6 Å². The monoisotopic (exact) mass is 276 g/mol. The van der Waals surface area contributed by atoms with E-state index in [4.69, 9.17) is 4.52 Å². The van der Waals surface area contributed by atoms with Crippen molar-refractivity contribution in [3.05, 3.63) is 11.7 Å². The molecule has 0 amide bonds. The Morgan fingerprint density at radius 2 is 2.05 bits per heavy atom. The Morgan fingerprint density at radius 3 is 2.75 bits per heavy atom. The molecule has 110 valence electrons. The molecule has 1 saturated heterocycles. The third-order valence-electron chi connectivity index (χ3n) is 4.64. The molecule has 1 unspecified atom stereocenters. The molecule has 1 N–H and O–H groups in total. The average molecular weight is 276 g/mol. The standard InChI is InChI=1S/C15H24N4O/c1-2-13(16-7-1)9-19(8-11-3-4-11)10-14-17-15(18-20-14)12-5-6-12/h11-13,16H,1-10H2. The largest absolute Gasteiger partial charge is 0.338 e. The molecule has 5 heteroatoms. The summed E-state index contributed by atoms with van der Waals surface area (Å²) in [5.74, 6) is 3.24. The molecule has 1 aliphatic heterocycles. The number of rotatable bonds is 7. The van der Waals surface area contributed by atoms with Crippen molar-refractivity contribution >= 4 is 0 Å². The zero-order valence-corrected chi connectivity index (χ0v) is 12.1. The summed E-state index contributed by atoms with van der Waals surface area (Å²) < 4.78 is 5.44. The van der Waals surface area contributed by atoms with E-state index in [9.17, 15) is 0 Å². The van der Waals surface area contributed by atoms with E-state index in [2.05, 4.69) is 20.4 Å². The summed E-state index contributed by atoms with van der Waals surface area (Å²) in [6.45, 7) is 4.32. The Labute approximate surface area is 120 Å². The van der Waals surface area contributed by atoms with Gasteiger partial charge in [0.25, 0.3) is 0 Å². The first kappa shape index (κ1) is 12.8. The van der Waals surface area contributed by atoms with Gasteiger partial charge in [0.2, 0.25) is 5.89 Å². The molecule has 0 bridgehead atoms. The first-order valence-corrected chi connectivity index (χ1v) is 8.15. The van der Waals surface area contributed by atoms with Gasteiger partial charge in [-0.25, -0.2) is 0 Å². The fourth-order valence-electron chi connectivity index (χ4n) is 3.12. The third kappa shape index (κ3) is 3.20. The molecule has 3 aliphatic rings. The smallest absolute Gasteiger partial charge is 0.240 e. The van der Waals surface area contributed by atoms with Gasteiger partial charge in [-0.3, -0.25) is 4.90 Å². The predicted octanol–water partition coefficient (Wildman–Crippen LogP) is 1.91. The lowest BCUT2D eigenvalue weighted by atomic mass is 10.2. The maximum atomic E-state index is 5.44. The molecule has 4 rings (SSSR count). The summed E-state index contributed by atoms with van der Waals surface area (Å²) in [4.78, 5) is 7.09. The Hall–Kier alpha value is -0.940. The first-order valence-electron chi connectivity index (χ1n) is 8.15. The van der Waals surface area contributed by atoms with Crippen molar-refractivity contribution in [3.63, 3.8) is 0 Å². The van der Waals surface area contributed by atoms with Gasteiger partial charge in [0.05, 0.1) is 6.54 Å². The van der Waals surface area contributed by atoms with E-state index in [1.807, 2.05) is 0 Å². The number of nitrogens with zero attached hydrogens (tertiary/aromatic N) is 3. The van der Waals surface area contributed by atoms with Gasteiger partial charge < -0.3 is 9.84 Å². The zero-order chi connectivity index (χ0) is 13.4. The van der Waals surface area contributed by atoms with Gasteiger partial charge in [0.1, 0.15) is 0 Å². The van der Waals surface area contributed by atoms with Crippen molar-refractivity contribution in [2.75, 3.05) is 19.6 Å². The highest BCUT2D eigenvalue weighted by Crippen LogP contribution is 2.38. The van der Waals surface area contributed by atoms with Gasteiger partial charge in [-0.1, -0.05) is 5.16 Å². The van der Waals surface area contributed by atoms with Crippen LogP contribution in [0.2, 0.25) is 0 Å². The van der Waals surface area contributed by atoms with Crippen LogP contribution in [-0.4, -0.2) is 40.7 Å². The van der Waals surface area contributed by atoms with Crippen LogP contribution in [0.15, 0.2) is 4.52 Å². The summed E-state index contributed by atoms with van der Waals surface area (Å²) in [5, 5.41) is 7.72. The molecule has 1 aromatic rings. The van der Waals surface area contributed by atoms with Gasteiger partial charge in [0.15, 0.2) is 5.82 Å². The van der Waals surface area contributed by atoms with Gasteiger partial charge in [0, 0.05) is 25.0 Å². The van der Waals surface area contributed by atoms with E-state index >= 15 is 0 Å². The molecule has 2 saturated carbocycles. The van der Waals surface area contributed by atoms with Crippen LogP contribution in [0.5, 0.6) is 0 Å². The normalized spacial score (nSPS) is 26.6. The lowest BCUT2D eigenvalue weighted by Crippen LogP contribution is -2.38. The van der Waals surface area contributed by atoms with Crippen LogP contribution in [-0.2, 0) is 6.54 Å². The van der Waals surface area contributed by atoms with Gasteiger partial charge in [-0.2, -0.15) is 4.98 Å². The molecule has 2 heterocycles. The Balaban J connectivity index is 1.37. The van der Waals surface area contributed by atoms with Crippen LogP contribution in [0.3, 0.4) is 0 Å². The van der Waals surface area contributed by atoms with E-state index in [-0.39, 0.29) is 0 Å². The minimum absolute atomic E-state index is 0.584. The van der Waals surface area contributed by atoms with Crippen molar-refractivity contribution in [2.24, 2.45) is 5.92 Å². The number of hydrogen-bond donors (Lipinski definition) is 1. The van der Waals surface area contributed by atoms with Crippen molar-refractivity contribution < 1.29 is 4.52 Å². The fourth-order valence-corrected chi connectivity index (χ4v) is 3.12. The van der Waals surface area contributed by atoms with Crippen LogP contribution in [0.25, 0.3) is 0 Å². The molecule has 1 atom stereocenters. The second kappa shape index (κ2) is 5.45. The van der Waals surface area contributed by atoms with Crippen LogP contribution in [0.1, 0.15) is 56.2 Å². The number of nitrogens with one attached hydrogen (secondary N) is 1. The number of aromatic nitrogens is 2. The molecule has 2 aliphatic carbocycles. The summed E-state index contributed by atoms with van der Waals surface area (Å²) in [6.07, 6.45) is 7.87. The second-order valence-corrected chi connectivity index (χ2v) is 6.75. The third-order valence-corrected chi connectivity index (χ3v) is 4.64. The topological polar surface area (TPSA) is 54.2 Å². The summed E-state index contributed by atoms with van der Waals surface area (Å²) in [7, 11) is 0. The van der Waals surface area contributed by atoms with E-state index < -0.39 is 0 Å². The summed E-state index contributed by atoms with van der Waals surface area (Å²) >= 11 is 0. The SMILES string of the molecule is C1CNC(CN(Cc2nc(C3CC3)no2)CC2CC2)C1. The van der Waals surface area contributed by atoms with Crippen molar-refractivity contribution in [3.8, 4) is 0 Å². The van der Waals surface area contributed by atoms with Crippen LogP contribution in [0.4, 0.5) is 0 Å². The maximum absolute atomic E-state index is 5.44. The lowest BCUT2D eigenvalue weighted by Gasteiger charge is -2.24. The van der Waals surface area contributed by atoms with Crippen molar-refractivity contribution in [1.82, 2.24) is 20.4 Å². The maximum Gasteiger partial charge on any atom is 0.240 e. The molecule has 0 radical (unpaired) electrons.